The molecule has 1 heterocycles. The van der Waals surface area contributed by atoms with Gasteiger partial charge in [0, 0.05) is 3.57 Å². The van der Waals surface area contributed by atoms with Crippen LogP contribution in [0.4, 0.5) is 5.69 Å². The number of anilines is 1. The Hall–Kier alpha value is -0.960. The number of nitrogens with zero attached hydrogens (tertiary/aromatic N) is 3. The average Bonchev–Trinajstić information content (AvgIpc) is 3.03. The SMILES string of the molecule is O=C(Nc1ccccc1I)C12C[C@H]3C[C@@H](C1)CC(n1cnc(Br)n1)(C3)C2. The highest BCUT2D eigenvalue weighted by Crippen LogP contribution is 2.64. The van der Waals surface area contributed by atoms with Crippen molar-refractivity contribution in [1.82, 2.24) is 14.8 Å². The van der Waals surface area contributed by atoms with Crippen LogP contribution in [0.3, 0.4) is 0 Å². The number of halogens is 2. The second-order valence-electron chi connectivity index (χ2n) is 8.36. The van der Waals surface area contributed by atoms with Gasteiger partial charge in [-0.25, -0.2) is 9.67 Å². The predicted molar refractivity (Wildman–Crippen MR) is 111 cm³/mol. The van der Waals surface area contributed by atoms with E-state index in [4.69, 9.17) is 0 Å². The molecule has 4 aliphatic rings. The number of para-hydroxylation sites is 1. The maximum atomic E-state index is 13.4. The summed E-state index contributed by atoms with van der Waals surface area (Å²) in [5.41, 5.74) is 0.595. The minimum Gasteiger partial charge on any atom is -0.325 e. The minimum absolute atomic E-state index is 0.0513. The van der Waals surface area contributed by atoms with Gasteiger partial charge >= 0.3 is 0 Å². The molecule has 2 unspecified atom stereocenters. The van der Waals surface area contributed by atoms with E-state index in [2.05, 4.69) is 53.9 Å². The van der Waals surface area contributed by atoms with E-state index in [1.165, 1.54) is 6.42 Å². The maximum Gasteiger partial charge on any atom is 0.230 e. The van der Waals surface area contributed by atoms with E-state index < -0.39 is 0 Å². The lowest BCUT2D eigenvalue weighted by atomic mass is 9.46. The molecule has 4 aliphatic carbocycles. The molecule has 1 amide bonds. The zero-order valence-corrected chi connectivity index (χ0v) is 18.0. The Kier molecular flexibility index (Phi) is 3.97. The van der Waals surface area contributed by atoms with Gasteiger partial charge in [-0.05, 0) is 101 Å². The van der Waals surface area contributed by atoms with E-state index >= 15 is 0 Å². The molecule has 136 valence electrons. The third-order valence-corrected chi connectivity index (χ3v) is 7.89. The van der Waals surface area contributed by atoms with Crippen LogP contribution in [0, 0.1) is 20.8 Å². The van der Waals surface area contributed by atoms with Crippen molar-refractivity contribution < 1.29 is 4.79 Å². The first-order valence-corrected chi connectivity index (χ1v) is 11.0. The Bertz CT molecular complexity index is 868. The predicted octanol–water partition coefficient (Wildman–Crippen LogP) is 4.58. The molecule has 0 spiro atoms. The number of benzene rings is 1. The zero-order valence-electron chi connectivity index (χ0n) is 14.3. The number of amides is 1. The number of carbonyl (C=O) groups is 1. The molecule has 4 bridgehead atoms. The highest BCUT2D eigenvalue weighted by molar-refractivity contribution is 14.1. The monoisotopic (exact) mass is 526 g/mol. The van der Waals surface area contributed by atoms with Gasteiger partial charge in [0.15, 0.2) is 0 Å². The molecule has 5 nitrogen and oxygen atoms in total. The van der Waals surface area contributed by atoms with E-state index in [1.54, 1.807) is 0 Å². The van der Waals surface area contributed by atoms with Gasteiger partial charge in [-0.3, -0.25) is 4.79 Å². The van der Waals surface area contributed by atoms with Crippen molar-refractivity contribution in [2.24, 2.45) is 17.3 Å². The summed E-state index contributed by atoms with van der Waals surface area (Å²) in [6.07, 6.45) is 8.23. The summed E-state index contributed by atoms with van der Waals surface area (Å²) in [4.78, 5) is 17.7. The summed E-state index contributed by atoms with van der Waals surface area (Å²) >= 11 is 5.67. The van der Waals surface area contributed by atoms with Crippen molar-refractivity contribution in [2.75, 3.05) is 5.32 Å². The van der Waals surface area contributed by atoms with Crippen molar-refractivity contribution in [3.8, 4) is 0 Å². The highest BCUT2D eigenvalue weighted by atomic mass is 127. The molecule has 6 rings (SSSR count). The Labute approximate surface area is 174 Å². The lowest BCUT2D eigenvalue weighted by molar-refractivity contribution is -0.150. The van der Waals surface area contributed by atoms with Crippen LogP contribution in [0.25, 0.3) is 0 Å². The summed E-state index contributed by atoms with van der Waals surface area (Å²) in [6.45, 7) is 0. The van der Waals surface area contributed by atoms with E-state index in [1.807, 2.05) is 35.3 Å². The highest BCUT2D eigenvalue weighted by Gasteiger charge is 2.61. The number of hydrogen-bond acceptors (Lipinski definition) is 3. The molecule has 4 atom stereocenters. The number of rotatable bonds is 3. The largest absolute Gasteiger partial charge is 0.325 e. The van der Waals surface area contributed by atoms with Gasteiger partial charge in [-0.1, -0.05) is 12.1 Å². The van der Waals surface area contributed by atoms with Crippen molar-refractivity contribution >= 4 is 50.1 Å². The number of hydrogen-bond donors (Lipinski definition) is 1. The standard InChI is InChI=1S/C19H20BrIN4O/c20-17-22-11-25(24-17)19-8-12-5-13(9-19)7-18(6-12,10-19)16(26)23-15-4-2-1-3-14(15)21/h1-4,11-13H,5-10H2,(H,23,26)/t12-,13+,18?,19?. The molecule has 0 radical (unpaired) electrons. The first kappa shape index (κ1) is 17.2. The third kappa shape index (κ3) is 2.65. The summed E-state index contributed by atoms with van der Waals surface area (Å²) in [6, 6.07) is 8.00. The molecule has 0 aliphatic heterocycles. The summed E-state index contributed by atoms with van der Waals surface area (Å²) < 4.78 is 3.76. The van der Waals surface area contributed by atoms with E-state index in [9.17, 15) is 4.79 Å². The number of carbonyl (C=O) groups excluding carboxylic acids is 1. The lowest BCUT2D eigenvalue weighted by Crippen LogP contribution is -2.60. The first-order chi connectivity index (χ1) is 12.5. The van der Waals surface area contributed by atoms with Crippen LogP contribution in [0.5, 0.6) is 0 Å². The van der Waals surface area contributed by atoms with Gasteiger partial charge in [0.2, 0.25) is 10.6 Å². The van der Waals surface area contributed by atoms with Gasteiger partial charge in [-0.15, -0.1) is 5.10 Å². The smallest absolute Gasteiger partial charge is 0.230 e. The van der Waals surface area contributed by atoms with Crippen LogP contribution in [-0.2, 0) is 10.3 Å². The van der Waals surface area contributed by atoms with Crippen LogP contribution in [0.1, 0.15) is 38.5 Å². The van der Waals surface area contributed by atoms with Crippen LogP contribution < -0.4 is 5.32 Å². The molecular formula is C19H20BrIN4O. The minimum atomic E-state index is -0.276. The molecule has 1 N–H and O–H groups in total. The molecule has 2 aromatic rings. The fraction of sp³-hybridized carbons (Fsp3) is 0.526. The van der Waals surface area contributed by atoms with Crippen LogP contribution >= 0.6 is 38.5 Å². The molecular weight excluding hydrogens is 507 g/mol. The second-order valence-corrected chi connectivity index (χ2v) is 10.2. The quantitative estimate of drug-likeness (QED) is 0.595. The van der Waals surface area contributed by atoms with Crippen LogP contribution in [-0.4, -0.2) is 20.7 Å². The molecule has 1 aromatic carbocycles. The van der Waals surface area contributed by atoms with Crippen molar-refractivity contribution in [2.45, 2.75) is 44.1 Å². The van der Waals surface area contributed by atoms with Crippen molar-refractivity contribution in [3.05, 3.63) is 38.9 Å². The lowest BCUT2D eigenvalue weighted by Gasteiger charge is -2.60. The van der Waals surface area contributed by atoms with Crippen LogP contribution in [0.15, 0.2) is 35.3 Å². The van der Waals surface area contributed by atoms with Gasteiger partial charge in [0.25, 0.3) is 0 Å². The zero-order chi connectivity index (χ0) is 17.9. The molecule has 1 aromatic heterocycles. The Balaban J connectivity index is 1.49. The van der Waals surface area contributed by atoms with E-state index in [-0.39, 0.29) is 16.9 Å². The summed E-state index contributed by atoms with van der Waals surface area (Å²) in [5, 5.41) is 7.82. The van der Waals surface area contributed by atoms with E-state index in [0.29, 0.717) is 16.6 Å². The molecule has 7 heteroatoms. The number of nitrogens with one attached hydrogen (secondary N) is 1. The average molecular weight is 527 g/mol. The van der Waals surface area contributed by atoms with Crippen molar-refractivity contribution in [3.63, 3.8) is 0 Å². The molecule has 4 saturated carbocycles. The summed E-state index contributed by atoms with van der Waals surface area (Å²) in [7, 11) is 0. The molecule has 0 saturated heterocycles. The maximum absolute atomic E-state index is 13.4. The second kappa shape index (κ2) is 6.02. The fourth-order valence-corrected chi connectivity index (χ4v) is 6.82. The Morgan fingerprint density at radius 2 is 1.96 bits per heavy atom. The van der Waals surface area contributed by atoms with Gasteiger partial charge in [0.1, 0.15) is 6.33 Å². The van der Waals surface area contributed by atoms with E-state index in [0.717, 1.165) is 41.4 Å². The van der Waals surface area contributed by atoms with Crippen molar-refractivity contribution in [1.29, 1.82) is 0 Å². The Morgan fingerprint density at radius 3 is 2.62 bits per heavy atom. The first-order valence-electron chi connectivity index (χ1n) is 9.12. The van der Waals surface area contributed by atoms with Crippen LogP contribution in [0.2, 0.25) is 0 Å². The fourth-order valence-electron chi connectivity index (χ4n) is 6.04. The normalized spacial score (nSPS) is 34.8. The van der Waals surface area contributed by atoms with Gasteiger partial charge in [0.05, 0.1) is 16.6 Å². The third-order valence-electron chi connectivity index (χ3n) is 6.58. The molecule has 4 fully saturated rings. The Morgan fingerprint density at radius 1 is 1.23 bits per heavy atom. The molecule has 26 heavy (non-hydrogen) atoms. The topological polar surface area (TPSA) is 59.8 Å². The van der Waals surface area contributed by atoms with Gasteiger partial charge in [-0.2, -0.15) is 0 Å². The summed E-state index contributed by atoms with van der Waals surface area (Å²) in [5.74, 6) is 1.42. The number of aromatic nitrogens is 3. The van der Waals surface area contributed by atoms with Gasteiger partial charge < -0.3 is 5.32 Å².